The van der Waals surface area contributed by atoms with Gasteiger partial charge in [0.25, 0.3) is 0 Å². The van der Waals surface area contributed by atoms with Crippen molar-refractivity contribution in [3.05, 3.63) is 35.9 Å². The standard InChI is InChI=1S/C16H23N3/c17-11-7-2-1-4-8-14-12-16(19-18-13-14)15-9-5-3-6-10-15/h3,5-6,9-10,13-14H,1-2,4,7-8,11-12,17H2. The highest BCUT2D eigenvalue weighted by Crippen LogP contribution is 2.19. The highest BCUT2D eigenvalue weighted by atomic mass is 15.2. The molecule has 1 atom stereocenters. The van der Waals surface area contributed by atoms with Crippen LogP contribution in [0.1, 0.15) is 44.1 Å². The number of nitrogens with zero attached hydrogens (tertiary/aromatic N) is 2. The summed E-state index contributed by atoms with van der Waals surface area (Å²) in [5.41, 5.74) is 7.82. The molecular formula is C16H23N3. The Kier molecular flexibility index (Phi) is 5.76. The molecule has 0 radical (unpaired) electrons. The molecule has 1 aliphatic heterocycles. The molecule has 0 amide bonds. The van der Waals surface area contributed by atoms with Crippen LogP contribution in [0, 0.1) is 5.92 Å². The third-order valence-electron chi connectivity index (χ3n) is 3.55. The van der Waals surface area contributed by atoms with E-state index in [1.807, 2.05) is 12.3 Å². The van der Waals surface area contributed by atoms with E-state index in [4.69, 9.17) is 5.73 Å². The lowest BCUT2D eigenvalue weighted by molar-refractivity contribution is 0.558. The number of benzene rings is 1. The Hall–Kier alpha value is -1.48. The molecular weight excluding hydrogens is 234 g/mol. The van der Waals surface area contributed by atoms with Gasteiger partial charge in [-0.2, -0.15) is 10.2 Å². The van der Waals surface area contributed by atoms with Crippen molar-refractivity contribution in [3.8, 4) is 0 Å². The van der Waals surface area contributed by atoms with Crippen LogP contribution in [0.5, 0.6) is 0 Å². The Balaban J connectivity index is 1.78. The van der Waals surface area contributed by atoms with Crippen molar-refractivity contribution < 1.29 is 0 Å². The van der Waals surface area contributed by atoms with Gasteiger partial charge in [0.05, 0.1) is 5.71 Å². The maximum atomic E-state index is 5.50. The van der Waals surface area contributed by atoms with E-state index in [2.05, 4.69) is 34.5 Å². The molecule has 2 N–H and O–H groups in total. The minimum atomic E-state index is 0.547. The van der Waals surface area contributed by atoms with Crippen molar-refractivity contribution in [1.29, 1.82) is 0 Å². The molecule has 3 heteroatoms. The number of nitrogens with two attached hydrogens (primary N) is 1. The molecule has 1 heterocycles. The van der Waals surface area contributed by atoms with Gasteiger partial charge in [0.2, 0.25) is 0 Å². The highest BCUT2D eigenvalue weighted by molar-refractivity contribution is 6.02. The summed E-state index contributed by atoms with van der Waals surface area (Å²) < 4.78 is 0. The van der Waals surface area contributed by atoms with E-state index in [-0.39, 0.29) is 0 Å². The molecule has 3 nitrogen and oxygen atoms in total. The van der Waals surface area contributed by atoms with E-state index in [9.17, 15) is 0 Å². The summed E-state index contributed by atoms with van der Waals surface area (Å²) in [6, 6.07) is 10.4. The van der Waals surface area contributed by atoms with Crippen molar-refractivity contribution in [3.63, 3.8) is 0 Å². The van der Waals surface area contributed by atoms with Crippen LogP contribution in [0.3, 0.4) is 0 Å². The Bertz CT molecular complexity index is 423. The smallest absolute Gasteiger partial charge is 0.0709 e. The SMILES string of the molecule is NCCCCCCC1C=NN=C(c2ccccc2)C1. The van der Waals surface area contributed by atoms with Crippen molar-refractivity contribution >= 4 is 11.9 Å². The molecule has 0 saturated carbocycles. The lowest BCUT2D eigenvalue weighted by Gasteiger charge is -2.16. The lowest BCUT2D eigenvalue weighted by Crippen LogP contribution is -2.14. The van der Waals surface area contributed by atoms with Crippen LogP contribution >= 0.6 is 0 Å². The first-order valence-electron chi connectivity index (χ1n) is 7.25. The maximum Gasteiger partial charge on any atom is 0.0709 e. The van der Waals surface area contributed by atoms with Crippen LogP contribution in [0.4, 0.5) is 0 Å². The molecule has 1 unspecified atom stereocenters. The van der Waals surface area contributed by atoms with Gasteiger partial charge in [0, 0.05) is 12.1 Å². The van der Waals surface area contributed by atoms with Crippen molar-refractivity contribution in [2.75, 3.05) is 6.54 Å². The molecule has 1 aliphatic rings. The second kappa shape index (κ2) is 7.85. The zero-order valence-electron chi connectivity index (χ0n) is 11.5. The molecule has 102 valence electrons. The van der Waals surface area contributed by atoms with Gasteiger partial charge in [-0.15, -0.1) is 0 Å². The fourth-order valence-corrected chi connectivity index (χ4v) is 2.43. The first-order chi connectivity index (χ1) is 9.40. The fraction of sp³-hybridized carbons (Fsp3) is 0.500. The second-order valence-electron chi connectivity index (χ2n) is 5.13. The van der Waals surface area contributed by atoms with Crippen molar-refractivity contribution in [1.82, 2.24) is 0 Å². The maximum absolute atomic E-state index is 5.50. The minimum Gasteiger partial charge on any atom is -0.330 e. The second-order valence-corrected chi connectivity index (χ2v) is 5.13. The number of rotatable bonds is 7. The first kappa shape index (κ1) is 13.9. The Labute approximate surface area is 115 Å². The van der Waals surface area contributed by atoms with Crippen LogP contribution in [-0.2, 0) is 0 Å². The first-order valence-corrected chi connectivity index (χ1v) is 7.25. The third-order valence-corrected chi connectivity index (χ3v) is 3.55. The summed E-state index contributed by atoms with van der Waals surface area (Å²) >= 11 is 0. The largest absolute Gasteiger partial charge is 0.330 e. The monoisotopic (exact) mass is 257 g/mol. The normalized spacial score (nSPS) is 18.4. The van der Waals surface area contributed by atoms with E-state index >= 15 is 0 Å². The quantitative estimate of drug-likeness (QED) is 0.748. The average Bonchev–Trinajstić information content (AvgIpc) is 2.48. The van der Waals surface area contributed by atoms with Gasteiger partial charge in [-0.1, -0.05) is 49.6 Å². The van der Waals surface area contributed by atoms with E-state index in [0.717, 1.165) is 25.1 Å². The average molecular weight is 257 g/mol. The molecule has 19 heavy (non-hydrogen) atoms. The Morgan fingerprint density at radius 2 is 1.84 bits per heavy atom. The lowest BCUT2D eigenvalue weighted by atomic mass is 9.93. The minimum absolute atomic E-state index is 0.547. The molecule has 0 fully saturated rings. The van der Waals surface area contributed by atoms with Crippen LogP contribution < -0.4 is 5.73 Å². The summed E-state index contributed by atoms with van der Waals surface area (Å²) in [5.74, 6) is 0.547. The molecule has 1 aromatic carbocycles. The molecule has 2 rings (SSSR count). The number of unbranched alkanes of at least 4 members (excludes halogenated alkanes) is 3. The summed E-state index contributed by atoms with van der Waals surface area (Å²) in [6.07, 6.45) is 9.17. The van der Waals surface area contributed by atoms with Gasteiger partial charge < -0.3 is 5.73 Å². The van der Waals surface area contributed by atoms with Crippen LogP contribution in [0.15, 0.2) is 40.5 Å². The van der Waals surface area contributed by atoms with Gasteiger partial charge in [0.1, 0.15) is 0 Å². The summed E-state index contributed by atoms with van der Waals surface area (Å²) in [7, 11) is 0. The topological polar surface area (TPSA) is 50.7 Å². The van der Waals surface area contributed by atoms with E-state index in [1.54, 1.807) is 0 Å². The predicted molar refractivity (Wildman–Crippen MR) is 81.7 cm³/mol. The van der Waals surface area contributed by atoms with Gasteiger partial charge >= 0.3 is 0 Å². The fourth-order valence-electron chi connectivity index (χ4n) is 2.43. The van der Waals surface area contributed by atoms with Gasteiger partial charge in [-0.05, 0) is 31.4 Å². The zero-order valence-corrected chi connectivity index (χ0v) is 11.5. The zero-order chi connectivity index (χ0) is 13.3. The predicted octanol–water partition coefficient (Wildman–Crippen LogP) is 3.39. The summed E-state index contributed by atoms with van der Waals surface area (Å²) in [5, 5.41) is 8.45. The molecule has 0 aromatic heterocycles. The molecule has 0 spiro atoms. The van der Waals surface area contributed by atoms with Crippen molar-refractivity contribution in [2.24, 2.45) is 21.9 Å². The van der Waals surface area contributed by atoms with Gasteiger partial charge in [-0.25, -0.2) is 0 Å². The number of hydrogen-bond donors (Lipinski definition) is 1. The molecule has 0 saturated heterocycles. The molecule has 0 aliphatic carbocycles. The molecule has 1 aromatic rings. The van der Waals surface area contributed by atoms with E-state index in [0.29, 0.717) is 5.92 Å². The Morgan fingerprint density at radius 3 is 2.63 bits per heavy atom. The van der Waals surface area contributed by atoms with Crippen LogP contribution in [-0.4, -0.2) is 18.5 Å². The van der Waals surface area contributed by atoms with Gasteiger partial charge in [0.15, 0.2) is 0 Å². The van der Waals surface area contributed by atoms with Crippen LogP contribution in [0.25, 0.3) is 0 Å². The van der Waals surface area contributed by atoms with Gasteiger partial charge in [-0.3, -0.25) is 0 Å². The molecule has 0 bridgehead atoms. The van der Waals surface area contributed by atoms with E-state index in [1.165, 1.54) is 31.2 Å². The van der Waals surface area contributed by atoms with E-state index < -0.39 is 0 Å². The number of hydrogen-bond acceptors (Lipinski definition) is 3. The van der Waals surface area contributed by atoms with Crippen molar-refractivity contribution in [2.45, 2.75) is 38.5 Å². The summed E-state index contributed by atoms with van der Waals surface area (Å²) in [6.45, 7) is 0.815. The third kappa shape index (κ3) is 4.60. The van der Waals surface area contributed by atoms with Crippen LogP contribution in [0.2, 0.25) is 0 Å². The summed E-state index contributed by atoms with van der Waals surface area (Å²) in [4.78, 5) is 0. The highest BCUT2D eigenvalue weighted by Gasteiger charge is 2.15. The Morgan fingerprint density at radius 1 is 1.05 bits per heavy atom.